The molecule has 3 aromatic rings. The van der Waals surface area contributed by atoms with E-state index in [0.717, 1.165) is 39.5 Å². The van der Waals surface area contributed by atoms with Crippen molar-refractivity contribution in [2.45, 2.75) is 34.2 Å². The molecule has 1 aromatic carbocycles. The average Bonchev–Trinajstić information content (AvgIpc) is 3.44. The lowest BCUT2D eigenvalue weighted by Gasteiger charge is -2.33. The summed E-state index contributed by atoms with van der Waals surface area (Å²) < 4.78 is 7.66. The highest BCUT2D eigenvalue weighted by Gasteiger charge is 2.22. The van der Waals surface area contributed by atoms with Crippen molar-refractivity contribution in [3.05, 3.63) is 82.6 Å². The van der Waals surface area contributed by atoms with Crippen LogP contribution in [0.15, 0.2) is 53.2 Å². The van der Waals surface area contributed by atoms with Crippen molar-refractivity contribution in [3.63, 3.8) is 0 Å². The van der Waals surface area contributed by atoms with E-state index < -0.39 is 0 Å². The zero-order chi connectivity index (χ0) is 24.9. The Morgan fingerprint density at radius 2 is 1.71 bits per heavy atom. The Balaban J connectivity index is 1.28. The summed E-state index contributed by atoms with van der Waals surface area (Å²) >= 11 is 0. The van der Waals surface area contributed by atoms with Crippen LogP contribution in [0.25, 0.3) is 6.08 Å². The van der Waals surface area contributed by atoms with Crippen LogP contribution in [0.4, 0.5) is 5.69 Å². The van der Waals surface area contributed by atoms with Crippen LogP contribution in [0, 0.1) is 27.7 Å². The Hall–Kier alpha value is -3.58. The lowest BCUT2D eigenvalue weighted by Crippen LogP contribution is -2.50. The first kappa shape index (κ1) is 24.5. The van der Waals surface area contributed by atoms with Gasteiger partial charge in [0.1, 0.15) is 5.76 Å². The second-order valence-corrected chi connectivity index (χ2v) is 9.24. The molecule has 1 aliphatic heterocycles. The topological polar surface area (TPSA) is 70.7 Å². The number of rotatable bonds is 7. The van der Waals surface area contributed by atoms with Gasteiger partial charge in [-0.2, -0.15) is 0 Å². The van der Waals surface area contributed by atoms with Crippen molar-refractivity contribution in [3.8, 4) is 0 Å². The summed E-state index contributed by atoms with van der Waals surface area (Å²) in [4.78, 5) is 29.3. The van der Waals surface area contributed by atoms with Gasteiger partial charge in [0.2, 0.25) is 11.8 Å². The molecule has 0 unspecified atom stereocenters. The third-order valence-corrected chi connectivity index (χ3v) is 6.71. The van der Waals surface area contributed by atoms with E-state index in [2.05, 4.69) is 34.7 Å². The number of amides is 2. The Morgan fingerprint density at radius 1 is 1.00 bits per heavy atom. The number of carbonyl (C=O) groups is 2. The Morgan fingerprint density at radius 3 is 2.37 bits per heavy atom. The number of hydrogen-bond donors (Lipinski definition) is 1. The molecule has 35 heavy (non-hydrogen) atoms. The van der Waals surface area contributed by atoms with Crippen molar-refractivity contribution < 1.29 is 14.0 Å². The van der Waals surface area contributed by atoms with E-state index in [9.17, 15) is 9.59 Å². The number of aromatic nitrogens is 1. The first-order chi connectivity index (χ1) is 16.8. The highest BCUT2D eigenvalue weighted by Crippen LogP contribution is 2.20. The third-order valence-electron chi connectivity index (χ3n) is 6.71. The highest BCUT2D eigenvalue weighted by molar-refractivity contribution is 5.94. The summed E-state index contributed by atoms with van der Waals surface area (Å²) in [7, 11) is 0. The lowest BCUT2D eigenvalue weighted by atomic mass is 10.1. The van der Waals surface area contributed by atoms with E-state index in [1.165, 1.54) is 0 Å². The standard InChI is InChI=1S/C28H34N4O3/c1-20-7-5-8-21(2)28(20)29-26(33)19-30-12-14-31(15-13-30)27(34)11-10-24-17-22(3)32(23(24)4)18-25-9-6-16-35-25/h5-11,16-17H,12-15,18-19H2,1-4H3,(H,29,33). The number of carbonyl (C=O) groups excluding carboxylic acids is 2. The maximum Gasteiger partial charge on any atom is 0.246 e. The van der Waals surface area contributed by atoms with Crippen molar-refractivity contribution >= 4 is 23.6 Å². The maximum atomic E-state index is 12.8. The maximum absolute atomic E-state index is 12.8. The van der Waals surface area contributed by atoms with Crippen LogP contribution in [0.1, 0.15) is 33.8 Å². The van der Waals surface area contributed by atoms with E-state index in [4.69, 9.17) is 4.42 Å². The predicted octanol–water partition coefficient (Wildman–Crippen LogP) is 4.16. The van der Waals surface area contributed by atoms with Gasteiger partial charge in [0.15, 0.2) is 0 Å². The van der Waals surface area contributed by atoms with E-state index in [1.54, 1.807) is 12.3 Å². The fourth-order valence-electron chi connectivity index (χ4n) is 4.58. The minimum Gasteiger partial charge on any atom is -0.467 e. The number of hydrogen-bond acceptors (Lipinski definition) is 4. The summed E-state index contributed by atoms with van der Waals surface area (Å²) in [5.41, 5.74) is 6.26. The molecule has 1 saturated heterocycles. The molecule has 7 heteroatoms. The van der Waals surface area contributed by atoms with Gasteiger partial charge in [0.05, 0.1) is 19.4 Å². The van der Waals surface area contributed by atoms with Gasteiger partial charge < -0.3 is 19.2 Å². The zero-order valence-corrected chi connectivity index (χ0v) is 21.0. The molecule has 4 rings (SSSR count). The fraction of sp³-hybridized carbons (Fsp3) is 0.357. The number of para-hydroxylation sites is 1. The molecule has 0 saturated carbocycles. The quantitative estimate of drug-likeness (QED) is 0.522. The van der Waals surface area contributed by atoms with Crippen LogP contribution < -0.4 is 5.32 Å². The number of aryl methyl sites for hydroxylation is 3. The van der Waals surface area contributed by atoms with Gasteiger partial charge in [-0.15, -0.1) is 0 Å². The van der Waals surface area contributed by atoms with Gasteiger partial charge in [-0.05, 0) is 68.7 Å². The average molecular weight is 475 g/mol. The van der Waals surface area contributed by atoms with Crippen molar-refractivity contribution in [1.82, 2.24) is 14.4 Å². The first-order valence-electron chi connectivity index (χ1n) is 12.1. The summed E-state index contributed by atoms with van der Waals surface area (Å²) in [6.45, 7) is 11.7. The Bertz CT molecular complexity index is 1200. The fourth-order valence-corrected chi connectivity index (χ4v) is 4.58. The molecule has 2 aromatic heterocycles. The summed E-state index contributed by atoms with van der Waals surface area (Å²) in [5, 5.41) is 3.04. The van der Waals surface area contributed by atoms with Crippen molar-refractivity contribution in [2.75, 3.05) is 38.0 Å². The zero-order valence-electron chi connectivity index (χ0n) is 21.0. The Labute approximate surface area is 207 Å². The predicted molar refractivity (Wildman–Crippen MR) is 138 cm³/mol. The number of piperazine rings is 1. The molecule has 7 nitrogen and oxygen atoms in total. The number of benzene rings is 1. The molecule has 1 aliphatic rings. The monoisotopic (exact) mass is 474 g/mol. The minimum atomic E-state index is -0.0213. The normalized spacial score (nSPS) is 14.6. The molecule has 1 fully saturated rings. The molecule has 1 N–H and O–H groups in total. The molecule has 0 aliphatic carbocycles. The number of furan rings is 1. The van der Waals surface area contributed by atoms with Crippen LogP contribution >= 0.6 is 0 Å². The van der Waals surface area contributed by atoms with Crippen LogP contribution in [0.5, 0.6) is 0 Å². The molecule has 2 amide bonds. The molecular weight excluding hydrogens is 440 g/mol. The second kappa shape index (κ2) is 10.8. The second-order valence-electron chi connectivity index (χ2n) is 9.24. The van der Waals surface area contributed by atoms with Gasteiger partial charge in [0, 0.05) is 49.3 Å². The van der Waals surface area contributed by atoms with Gasteiger partial charge in [-0.25, -0.2) is 0 Å². The van der Waals surface area contributed by atoms with E-state index in [-0.39, 0.29) is 11.8 Å². The molecule has 0 radical (unpaired) electrons. The highest BCUT2D eigenvalue weighted by atomic mass is 16.3. The smallest absolute Gasteiger partial charge is 0.246 e. The van der Waals surface area contributed by atoms with Crippen LogP contribution in [-0.2, 0) is 16.1 Å². The Kier molecular flexibility index (Phi) is 7.56. The first-order valence-corrected chi connectivity index (χ1v) is 12.1. The van der Waals surface area contributed by atoms with E-state index in [0.29, 0.717) is 39.3 Å². The molecule has 3 heterocycles. The largest absolute Gasteiger partial charge is 0.467 e. The number of nitrogens with zero attached hydrogens (tertiary/aromatic N) is 3. The molecule has 0 spiro atoms. The van der Waals surface area contributed by atoms with Gasteiger partial charge in [-0.3, -0.25) is 14.5 Å². The lowest BCUT2D eigenvalue weighted by molar-refractivity contribution is -0.127. The van der Waals surface area contributed by atoms with E-state index in [1.807, 2.05) is 55.2 Å². The van der Waals surface area contributed by atoms with Gasteiger partial charge >= 0.3 is 0 Å². The van der Waals surface area contributed by atoms with Gasteiger partial charge in [-0.1, -0.05) is 18.2 Å². The van der Waals surface area contributed by atoms with Crippen LogP contribution in [-0.4, -0.2) is 58.9 Å². The number of nitrogens with one attached hydrogen (secondary N) is 1. The summed E-state index contributed by atoms with van der Waals surface area (Å²) in [6.07, 6.45) is 5.23. The molecule has 184 valence electrons. The molecular formula is C28H34N4O3. The van der Waals surface area contributed by atoms with E-state index >= 15 is 0 Å². The summed E-state index contributed by atoms with van der Waals surface area (Å²) in [5.74, 6) is 0.881. The van der Waals surface area contributed by atoms with Gasteiger partial charge in [0.25, 0.3) is 0 Å². The van der Waals surface area contributed by atoms with Crippen molar-refractivity contribution in [2.24, 2.45) is 0 Å². The molecule has 0 bridgehead atoms. The minimum absolute atomic E-state index is 0.000439. The van der Waals surface area contributed by atoms with Crippen LogP contribution in [0.2, 0.25) is 0 Å². The van der Waals surface area contributed by atoms with Crippen LogP contribution in [0.3, 0.4) is 0 Å². The summed E-state index contributed by atoms with van der Waals surface area (Å²) in [6, 6.07) is 11.9. The molecule has 0 atom stereocenters. The third kappa shape index (κ3) is 5.92. The number of anilines is 1. The SMILES string of the molecule is Cc1cccc(C)c1NC(=O)CN1CCN(C(=O)C=Cc2cc(C)n(Cc3ccco3)c2C)CC1. The van der Waals surface area contributed by atoms with Crippen molar-refractivity contribution in [1.29, 1.82) is 0 Å².